The summed E-state index contributed by atoms with van der Waals surface area (Å²) in [5.74, 6) is -1.85. The SMILES string of the molecule is COc1ncc(C=O)c(C(F)F)c1F. The lowest BCUT2D eigenvalue weighted by molar-refractivity contribution is 0.110. The Kier molecular flexibility index (Phi) is 3.06. The number of pyridine rings is 1. The highest BCUT2D eigenvalue weighted by molar-refractivity contribution is 5.77. The molecule has 0 aromatic carbocycles. The minimum Gasteiger partial charge on any atom is -0.479 e. The molecule has 14 heavy (non-hydrogen) atoms. The molecule has 0 aliphatic rings. The van der Waals surface area contributed by atoms with E-state index in [4.69, 9.17) is 0 Å². The molecule has 0 saturated carbocycles. The first-order chi connectivity index (χ1) is 6.61. The summed E-state index contributed by atoms with van der Waals surface area (Å²) >= 11 is 0. The predicted molar refractivity (Wildman–Crippen MR) is 41.1 cm³/mol. The summed E-state index contributed by atoms with van der Waals surface area (Å²) in [4.78, 5) is 13.7. The smallest absolute Gasteiger partial charge is 0.267 e. The van der Waals surface area contributed by atoms with Crippen LogP contribution < -0.4 is 4.74 Å². The van der Waals surface area contributed by atoms with Gasteiger partial charge in [-0.25, -0.2) is 18.2 Å². The van der Waals surface area contributed by atoms with Gasteiger partial charge in [0.25, 0.3) is 12.3 Å². The molecule has 0 saturated heterocycles. The van der Waals surface area contributed by atoms with Gasteiger partial charge in [-0.05, 0) is 0 Å². The molecule has 1 aromatic heterocycles. The number of nitrogens with zero attached hydrogens (tertiary/aromatic N) is 1. The Morgan fingerprint density at radius 1 is 1.57 bits per heavy atom. The van der Waals surface area contributed by atoms with Crippen molar-refractivity contribution in [2.45, 2.75) is 6.43 Å². The zero-order chi connectivity index (χ0) is 10.7. The van der Waals surface area contributed by atoms with Gasteiger partial charge in [-0.1, -0.05) is 0 Å². The van der Waals surface area contributed by atoms with Gasteiger partial charge < -0.3 is 4.74 Å². The van der Waals surface area contributed by atoms with Crippen molar-refractivity contribution in [1.29, 1.82) is 0 Å². The Morgan fingerprint density at radius 3 is 2.64 bits per heavy atom. The van der Waals surface area contributed by atoms with E-state index in [0.717, 1.165) is 13.3 Å². The van der Waals surface area contributed by atoms with Crippen LogP contribution in [0.1, 0.15) is 22.3 Å². The van der Waals surface area contributed by atoms with Crippen LogP contribution in [-0.2, 0) is 0 Å². The molecule has 1 rings (SSSR count). The molecule has 0 radical (unpaired) electrons. The highest BCUT2D eigenvalue weighted by Crippen LogP contribution is 2.28. The van der Waals surface area contributed by atoms with Gasteiger partial charge in [0.1, 0.15) is 0 Å². The second-order valence-electron chi connectivity index (χ2n) is 2.37. The van der Waals surface area contributed by atoms with Gasteiger partial charge in [0.05, 0.1) is 12.7 Å². The van der Waals surface area contributed by atoms with E-state index < -0.39 is 29.2 Å². The largest absolute Gasteiger partial charge is 0.479 e. The van der Waals surface area contributed by atoms with Gasteiger partial charge in [0, 0.05) is 11.8 Å². The number of carbonyl (C=O) groups excluding carboxylic acids is 1. The van der Waals surface area contributed by atoms with Crippen molar-refractivity contribution in [3.8, 4) is 5.88 Å². The fourth-order valence-corrected chi connectivity index (χ4v) is 0.954. The van der Waals surface area contributed by atoms with Gasteiger partial charge in [-0.15, -0.1) is 0 Å². The summed E-state index contributed by atoms with van der Waals surface area (Å²) in [6.07, 6.45) is -2.11. The fourth-order valence-electron chi connectivity index (χ4n) is 0.954. The maximum absolute atomic E-state index is 13.1. The van der Waals surface area contributed by atoms with Crippen LogP contribution in [-0.4, -0.2) is 18.4 Å². The lowest BCUT2D eigenvalue weighted by atomic mass is 10.1. The molecule has 0 fully saturated rings. The zero-order valence-corrected chi connectivity index (χ0v) is 7.13. The minimum absolute atomic E-state index is 0.122. The number of carbonyl (C=O) groups is 1. The molecule has 76 valence electrons. The van der Waals surface area contributed by atoms with Crippen LogP contribution in [0, 0.1) is 5.82 Å². The highest BCUT2D eigenvalue weighted by Gasteiger charge is 2.22. The van der Waals surface area contributed by atoms with Gasteiger partial charge in [-0.3, -0.25) is 4.79 Å². The molecule has 0 N–H and O–H groups in total. The quantitative estimate of drug-likeness (QED) is 0.708. The van der Waals surface area contributed by atoms with Crippen molar-refractivity contribution >= 4 is 6.29 Å². The molecule has 3 nitrogen and oxygen atoms in total. The summed E-state index contributed by atoms with van der Waals surface area (Å²) in [6, 6.07) is 0. The summed E-state index contributed by atoms with van der Waals surface area (Å²) < 4.78 is 42.2. The topological polar surface area (TPSA) is 39.2 Å². The summed E-state index contributed by atoms with van der Waals surface area (Å²) in [5, 5.41) is 0. The standard InChI is InChI=1S/C8H6F3NO2/c1-14-8-6(9)5(7(10)11)4(3-13)2-12-8/h2-3,7H,1H3. The number of rotatable bonds is 3. The molecule has 1 aromatic rings. The van der Waals surface area contributed by atoms with Crippen LogP contribution >= 0.6 is 0 Å². The summed E-state index contributed by atoms with van der Waals surface area (Å²) in [6.45, 7) is 0. The van der Waals surface area contributed by atoms with E-state index in [1.165, 1.54) is 0 Å². The van der Waals surface area contributed by atoms with Crippen molar-refractivity contribution in [1.82, 2.24) is 4.98 Å². The van der Waals surface area contributed by atoms with E-state index in [0.29, 0.717) is 0 Å². The number of halogens is 3. The van der Waals surface area contributed by atoms with Crippen LogP contribution in [0.2, 0.25) is 0 Å². The molecular formula is C8H6F3NO2. The third kappa shape index (κ3) is 1.68. The Morgan fingerprint density at radius 2 is 2.21 bits per heavy atom. The van der Waals surface area contributed by atoms with Crippen LogP contribution in [0.15, 0.2) is 6.20 Å². The summed E-state index contributed by atoms with van der Waals surface area (Å²) in [7, 11) is 1.10. The normalized spacial score (nSPS) is 10.4. The maximum Gasteiger partial charge on any atom is 0.267 e. The first-order valence-electron chi connectivity index (χ1n) is 3.57. The molecule has 0 atom stereocenters. The molecule has 0 unspecified atom stereocenters. The lowest BCUT2D eigenvalue weighted by Gasteiger charge is -2.07. The highest BCUT2D eigenvalue weighted by atomic mass is 19.3. The lowest BCUT2D eigenvalue weighted by Crippen LogP contribution is -2.03. The number of hydrogen-bond acceptors (Lipinski definition) is 3. The number of hydrogen-bond donors (Lipinski definition) is 0. The molecular weight excluding hydrogens is 199 g/mol. The second-order valence-corrected chi connectivity index (χ2v) is 2.37. The molecule has 0 spiro atoms. The van der Waals surface area contributed by atoms with Gasteiger partial charge in [0.15, 0.2) is 12.1 Å². The van der Waals surface area contributed by atoms with Crippen molar-refractivity contribution in [2.24, 2.45) is 0 Å². The Balaban J connectivity index is 3.38. The Bertz CT molecular complexity index is 355. The van der Waals surface area contributed by atoms with Crippen LogP contribution in [0.5, 0.6) is 5.88 Å². The first-order valence-corrected chi connectivity index (χ1v) is 3.57. The number of aldehydes is 1. The summed E-state index contributed by atoms with van der Waals surface area (Å²) in [5.41, 5.74) is -1.45. The van der Waals surface area contributed by atoms with Gasteiger partial charge in [-0.2, -0.15) is 0 Å². The van der Waals surface area contributed by atoms with E-state index in [1.807, 2.05) is 0 Å². The number of aromatic nitrogens is 1. The van der Waals surface area contributed by atoms with E-state index in [1.54, 1.807) is 0 Å². The van der Waals surface area contributed by atoms with Crippen molar-refractivity contribution in [2.75, 3.05) is 7.11 Å². The van der Waals surface area contributed by atoms with Gasteiger partial charge >= 0.3 is 0 Å². The molecule has 0 amide bonds. The molecule has 0 aliphatic heterocycles. The number of methoxy groups -OCH3 is 1. The molecule has 6 heteroatoms. The van der Waals surface area contributed by atoms with Crippen molar-refractivity contribution < 1.29 is 22.7 Å². The minimum atomic E-state index is -3.08. The van der Waals surface area contributed by atoms with Crippen LogP contribution in [0.3, 0.4) is 0 Å². The van der Waals surface area contributed by atoms with Crippen molar-refractivity contribution in [3.05, 3.63) is 23.1 Å². The number of ether oxygens (including phenoxy) is 1. The predicted octanol–water partition coefficient (Wildman–Crippen LogP) is 1.98. The fraction of sp³-hybridized carbons (Fsp3) is 0.250. The van der Waals surface area contributed by atoms with E-state index in [-0.39, 0.29) is 6.29 Å². The number of alkyl halides is 2. The molecule has 1 heterocycles. The molecule has 0 aliphatic carbocycles. The Labute approximate surface area is 77.5 Å². The molecule has 0 bridgehead atoms. The maximum atomic E-state index is 13.1. The second kappa shape index (κ2) is 4.08. The average Bonchev–Trinajstić information content (AvgIpc) is 2.16. The van der Waals surface area contributed by atoms with Crippen LogP contribution in [0.4, 0.5) is 13.2 Å². The Hall–Kier alpha value is -1.59. The van der Waals surface area contributed by atoms with Crippen molar-refractivity contribution in [3.63, 3.8) is 0 Å². The third-order valence-corrected chi connectivity index (χ3v) is 1.59. The van der Waals surface area contributed by atoms with Gasteiger partial charge in [0.2, 0.25) is 0 Å². The van der Waals surface area contributed by atoms with E-state index in [9.17, 15) is 18.0 Å². The van der Waals surface area contributed by atoms with E-state index >= 15 is 0 Å². The zero-order valence-electron chi connectivity index (χ0n) is 7.13. The van der Waals surface area contributed by atoms with E-state index in [2.05, 4.69) is 9.72 Å². The first kappa shape index (κ1) is 10.5. The average molecular weight is 205 g/mol. The third-order valence-electron chi connectivity index (χ3n) is 1.59. The van der Waals surface area contributed by atoms with Crippen LogP contribution in [0.25, 0.3) is 0 Å². The monoisotopic (exact) mass is 205 g/mol.